The van der Waals surface area contributed by atoms with Crippen molar-refractivity contribution >= 4 is 5.82 Å². The average Bonchev–Trinajstić information content (AvgIpc) is 2.62. The Labute approximate surface area is 145 Å². The highest BCUT2D eigenvalue weighted by Gasteiger charge is 2.16. The molecule has 0 saturated carbocycles. The zero-order valence-electron chi connectivity index (χ0n) is 14.0. The summed E-state index contributed by atoms with van der Waals surface area (Å²) in [6.45, 7) is 3.77. The lowest BCUT2D eigenvalue weighted by atomic mass is 10.0. The van der Waals surface area contributed by atoms with Crippen LogP contribution in [0.4, 0.5) is 5.82 Å². The van der Waals surface area contributed by atoms with Crippen molar-refractivity contribution < 1.29 is 0 Å². The van der Waals surface area contributed by atoms with Gasteiger partial charge in [-0.25, -0.2) is 9.67 Å². The first-order valence-corrected chi connectivity index (χ1v) is 7.87. The summed E-state index contributed by atoms with van der Waals surface area (Å²) in [6.07, 6.45) is 0. The predicted octanol–water partition coefficient (Wildman–Crippen LogP) is 3.01. The fourth-order valence-electron chi connectivity index (χ4n) is 2.57. The number of nitrogen functional groups attached to an aromatic ring is 1. The van der Waals surface area contributed by atoms with Crippen LogP contribution in [0.3, 0.4) is 0 Å². The van der Waals surface area contributed by atoms with Crippen LogP contribution in [-0.4, -0.2) is 14.8 Å². The minimum Gasteiger partial charge on any atom is -0.383 e. The lowest BCUT2D eigenvalue weighted by Crippen LogP contribution is -2.24. The summed E-state index contributed by atoms with van der Waals surface area (Å²) in [5, 5.41) is 13.7. The molecule has 0 bridgehead atoms. The van der Waals surface area contributed by atoms with Crippen LogP contribution in [0.15, 0.2) is 53.3 Å². The molecule has 1 aromatic carbocycles. The van der Waals surface area contributed by atoms with Crippen LogP contribution >= 0.6 is 0 Å². The molecule has 0 aliphatic heterocycles. The summed E-state index contributed by atoms with van der Waals surface area (Å²) in [5.74, 6) is 0.169. The van der Waals surface area contributed by atoms with Gasteiger partial charge in [-0.2, -0.15) is 10.4 Å². The molecule has 2 N–H and O–H groups in total. The third-order valence-electron chi connectivity index (χ3n) is 3.81. The molecule has 124 valence electrons. The van der Waals surface area contributed by atoms with Crippen LogP contribution in [-0.2, 0) is 0 Å². The predicted molar refractivity (Wildman–Crippen MR) is 96.7 cm³/mol. The molecule has 0 spiro atoms. The van der Waals surface area contributed by atoms with E-state index in [1.165, 1.54) is 10.7 Å². The Morgan fingerprint density at radius 3 is 2.52 bits per heavy atom. The van der Waals surface area contributed by atoms with Crippen molar-refractivity contribution in [1.29, 1.82) is 5.26 Å². The van der Waals surface area contributed by atoms with E-state index in [0.29, 0.717) is 17.0 Å². The van der Waals surface area contributed by atoms with E-state index in [2.05, 4.69) is 10.1 Å². The average molecular weight is 331 g/mol. The molecule has 2 heterocycles. The van der Waals surface area contributed by atoms with E-state index in [1.807, 2.05) is 50.2 Å². The van der Waals surface area contributed by atoms with E-state index in [-0.39, 0.29) is 23.0 Å². The number of benzene rings is 1. The molecule has 6 nitrogen and oxygen atoms in total. The Bertz CT molecular complexity index is 1020. The molecule has 3 rings (SSSR count). The number of anilines is 1. The minimum atomic E-state index is -0.177. The number of hydrogen-bond acceptors (Lipinski definition) is 5. The molecule has 0 amide bonds. The van der Waals surface area contributed by atoms with E-state index in [4.69, 9.17) is 5.73 Å². The molecule has 0 aliphatic carbocycles. The maximum Gasteiger partial charge on any atom is 0.267 e. The van der Waals surface area contributed by atoms with Crippen LogP contribution in [0.25, 0.3) is 22.5 Å². The van der Waals surface area contributed by atoms with E-state index in [0.717, 1.165) is 5.56 Å². The summed E-state index contributed by atoms with van der Waals surface area (Å²) in [7, 11) is 0. The highest BCUT2D eigenvalue weighted by molar-refractivity contribution is 5.81. The third-order valence-corrected chi connectivity index (χ3v) is 3.81. The topological polar surface area (TPSA) is 97.6 Å². The molecule has 0 unspecified atom stereocenters. The largest absolute Gasteiger partial charge is 0.383 e. The van der Waals surface area contributed by atoms with Crippen molar-refractivity contribution in [2.75, 3.05) is 5.73 Å². The molecule has 0 aliphatic rings. The lowest BCUT2D eigenvalue weighted by molar-refractivity contribution is 0.505. The number of nitrogens with zero attached hydrogens (tertiary/aromatic N) is 4. The van der Waals surface area contributed by atoms with E-state index in [1.54, 1.807) is 12.1 Å². The highest BCUT2D eigenvalue weighted by atomic mass is 16.1. The Hall–Kier alpha value is -3.46. The molecular formula is C19H17N5O. The van der Waals surface area contributed by atoms with Gasteiger partial charge in [-0.15, -0.1) is 0 Å². The van der Waals surface area contributed by atoms with Crippen molar-refractivity contribution in [2.24, 2.45) is 0 Å². The normalized spacial score (nSPS) is 10.6. The quantitative estimate of drug-likeness (QED) is 0.795. The first-order chi connectivity index (χ1) is 12.0. The maximum absolute atomic E-state index is 12.0. The van der Waals surface area contributed by atoms with Crippen molar-refractivity contribution in [3.8, 4) is 28.6 Å². The fourth-order valence-corrected chi connectivity index (χ4v) is 2.57. The number of pyridine rings is 1. The first-order valence-electron chi connectivity index (χ1n) is 7.87. The smallest absolute Gasteiger partial charge is 0.267 e. The van der Waals surface area contributed by atoms with Crippen LogP contribution < -0.4 is 11.3 Å². The second-order valence-electron chi connectivity index (χ2n) is 5.89. The second kappa shape index (κ2) is 6.57. The minimum absolute atomic E-state index is 0.0789. The molecule has 0 fully saturated rings. The van der Waals surface area contributed by atoms with E-state index >= 15 is 0 Å². The summed E-state index contributed by atoms with van der Waals surface area (Å²) < 4.78 is 1.41. The number of nitrogens with two attached hydrogens (primary N) is 1. The van der Waals surface area contributed by atoms with Gasteiger partial charge in [0.2, 0.25) is 0 Å². The zero-order valence-corrected chi connectivity index (χ0v) is 14.0. The van der Waals surface area contributed by atoms with E-state index < -0.39 is 0 Å². The van der Waals surface area contributed by atoms with Gasteiger partial charge in [0.15, 0.2) is 0 Å². The van der Waals surface area contributed by atoms with Gasteiger partial charge in [-0.1, -0.05) is 30.3 Å². The SMILES string of the molecule is CC(C)n1nc(-c2cc(C#N)c(N)nc2-c2ccccc2)ccc1=O. The number of nitriles is 1. The lowest BCUT2D eigenvalue weighted by Gasteiger charge is -2.13. The molecule has 0 radical (unpaired) electrons. The monoisotopic (exact) mass is 331 g/mol. The summed E-state index contributed by atoms with van der Waals surface area (Å²) in [5.41, 5.74) is 8.72. The van der Waals surface area contributed by atoms with Gasteiger partial charge in [-0.3, -0.25) is 4.79 Å². The van der Waals surface area contributed by atoms with Gasteiger partial charge in [0.25, 0.3) is 5.56 Å². The molecule has 0 saturated heterocycles. The molecular weight excluding hydrogens is 314 g/mol. The van der Waals surface area contributed by atoms with Crippen molar-refractivity contribution in [2.45, 2.75) is 19.9 Å². The Kier molecular flexibility index (Phi) is 4.31. The van der Waals surface area contributed by atoms with Crippen LogP contribution in [0, 0.1) is 11.3 Å². The van der Waals surface area contributed by atoms with Crippen molar-refractivity contribution in [1.82, 2.24) is 14.8 Å². The van der Waals surface area contributed by atoms with Gasteiger partial charge in [0.1, 0.15) is 11.9 Å². The van der Waals surface area contributed by atoms with E-state index in [9.17, 15) is 10.1 Å². The second-order valence-corrected chi connectivity index (χ2v) is 5.89. The van der Waals surface area contributed by atoms with Gasteiger partial charge in [0.05, 0.1) is 23.0 Å². The van der Waals surface area contributed by atoms with Crippen molar-refractivity contribution in [3.05, 3.63) is 64.4 Å². The third kappa shape index (κ3) is 3.12. The first kappa shape index (κ1) is 16.4. The summed E-state index contributed by atoms with van der Waals surface area (Å²) in [6, 6.07) is 16.3. The molecule has 2 aromatic heterocycles. The highest BCUT2D eigenvalue weighted by Crippen LogP contribution is 2.31. The summed E-state index contributed by atoms with van der Waals surface area (Å²) in [4.78, 5) is 16.4. The summed E-state index contributed by atoms with van der Waals surface area (Å²) >= 11 is 0. The number of aromatic nitrogens is 3. The zero-order chi connectivity index (χ0) is 18.0. The van der Waals surface area contributed by atoms with Crippen LogP contribution in [0.1, 0.15) is 25.5 Å². The van der Waals surface area contributed by atoms with Crippen LogP contribution in [0.5, 0.6) is 0 Å². The molecule has 6 heteroatoms. The van der Waals surface area contributed by atoms with Gasteiger partial charge in [-0.05, 0) is 26.0 Å². The Morgan fingerprint density at radius 2 is 1.88 bits per heavy atom. The fraction of sp³-hybridized carbons (Fsp3) is 0.158. The molecule has 0 atom stereocenters. The number of hydrogen-bond donors (Lipinski definition) is 1. The van der Waals surface area contributed by atoms with Gasteiger partial charge < -0.3 is 5.73 Å². The van der Waals surface area contributed by atoms with Crippen molar-refractivity contribution in [3.63, 3.8) is 0 Å². The van der Waals surface area contributed by atoms with Gasteiger partial charge >= 0.3 is 0 Å². The van der Waals surface area contributed by atoms with Gasteiger partial charge in [0, 0.05) is 17.2 Å². The standard InChI is InChI=1S/C19H17N5O/c1-12(2)24-17(25)9-8-16(23-24)15-10-14(11-20)19(21)22-18(15)13-6-4-3-5-7-13/h3-10,12H,1-2H3,(H2,21,22). The Morgan fingerprint density at radius 1 is 1.16 bits per heavy atom. The van der Waals surface area contributed by atoms with Crippen LogP contribution in [0.2, 0.25) is 0 Å². The Balaban J connectivity index is 2.30. The molecule has 25 heavy (non-hydrogen) atoms. The number of rotatable bonds is 3. The molecule has 3 aromatic rings. The maximum atomic E-state index is 12.0.